The lowest BCUT2D eigenvalue weighted by Gasteiger charge is -2.25. The third-order valence-corrected chi connectivity index (χ3v) is 3.16. The SMILES string of the molecule is CO[C@H]1O[C@H]([C@@H](O)CC(C)=O)[C@@H]2OC(C)(C)O[C@H]12. The molecule has 6 heteroatoms. The van der Waals surface area contributed by atoms with E-state index in [1.807, 2.05) is 0 Å². The molecular formula is C12H20O6. The van der Waals surface area contributed by atoms with E-state index in [4.69, 9.17) is 18.9 Å². The maximum absolute atomic E-state index is 11.1. The first kappa shape index (κ1) is 13.9. The molecule has 0 aromatic carbocycles. The van der Waals surface area contributed by atoms with E-state index in [-0.39, 0.29) is 18.3 Å². The quantitative estimate of drug-likeness (QED) is 0.779. The third kappa shape index (κ3) is 2.57. The minimum atomic E-state index is -0.910. The Morgan fingerprint density at radius 3 is 2.56 bits per heavy atom. The van der Waals surface area contributed by atoms with E-state index in [0.717, 1.165) is 0 Å². The first-order valence-corrected chi connectivity index (χ1v) is 6.05. The summed E-state index contributed by atoms with van der Waals surface area (Å²) < 4.78 is 22.2. The van der Waals surface area contributed by atoms with Crippen LogP contribution in [0.1, 0.15) is 27.2 Å². The van der Waals surface area contributed by atoms with Crippen molar-refractivity contribution in [3.8, 4) is 0 Å². The average molecular weight is 260 g/mol. The van der Waals surface area contributed by atoms with Gasteiger partial charge in [-0.2, -0.15) is 0 Å². The van der Waals surface area contributed by atoms with E-state index in [2.05, 4.69) is 0 Å². The van der Waals surface area contributed by atoms with Gasteiger partial charge in [0.25, 0.3) is 0 Å². The topological polar surface area (TPSA) is 74.2 Å². The monoisotopic (exact) mass is 260 g/mol. The summed E-state index contributed by atoms with van der Waals surface area (Å²) in [6, 6.07) is 0. The number of Topliss-reactive ketones (excluding diaryl/α,β-unsaturated/α-hetero) is 1. The lowest BCUT2D eigenvalue weighted by molar-refractivity contribution is -0.236. The van der Waals surface area contributed by atoms with E-state index < -0.39 is 30.4 Å². The van der Waals surface area contributed by atoms with Crippen LogP contribution in [0.25, 0.3) is 0 Å². The summed E-state index contributed by atoms with van der Waals surface area (Å²) in [6.07, 6.45) is -2.86. The minimum Gasteiger partial charge on any atom is -0.390 e. The van der Waals surface area contributed by atoms with Crippen LogP contribution in [0.5, 0.6) is 0 Å². The molecule has 0 unspecified atom stereocenters. The molecule has 2 heterocycles. The van der Waals surface area contributed by atoms with Crippen LogP contribution in [-0.4, -0.2) is 54.5 Å². The van der Waals surface area contributed by atoms with Crippen molar-refractivity contribution in [2.75, 3.05) is 7.11 Å². The standard InChI is InChI=1S/C12H20O6/c1-6(13)5-7(14)8-9-10(11(15-4)16-8)18-12(2,3)17-9/h7-11,14H,5H2,1-4H3/t7-,8+,9-,10-,11-/m0/s1. The zero-order valence-corrected chi connectivity index (χ0v) is 11.1. The number of carbonyl (C=O) groups excluding carboxylic acids is 1. The fraction of sp³-hybridized carbons (Fsp3) is 0.917. The summed E-state index contributed by atoms with van der Waals surface area (Å²) in [5.41, 5.74) is 0. The Labute approximate surface area is 106 Å². The van der Waals surface area contributed by atoms with Gasteiger partial charge in [0, 0.05) is 13.5 Å². The average Bonchev–Trinajstić information content (AvgIpc) is 2.69. The summed E-state index contributed by atoms with van der Waals surface area (Å²) in [4.78, 5) is 11.1. The van der Waals surface area contributed by atoms with E-state index in [9.17, 15) is 9.90 Å². The fourth-order valence-corrected chi connectivity index (χ4v) is 2.50. The summed E-state index contributed by atoms with van der Waals surface area (Å²) in [6.45, 7) is 5.03. The number of aliphatic hydroxyl groups excluding tert-OH is 1. The molecule has 0 aromatic heterocycles. The zero-order valence-electron chi connectivity index (χ0n) is 11.1. The normalized spacial score (nSPS) is 39.6. The molecule has 18 heavy (non-hydrogen) atoms. The lowest BCUT2D eigenvalue weighted by Crippen LogP contribution is -2.39. The molecule has 5 atom stereocenters. The number of fused-ring (bicyclic) bond motifs is 1. The second-order valence-electron chi connectivity index (χ2n) is 5.24. The second-order valence-corrected chi connectivity index (χ2v) is 5.24. The third-order valence-electron chi connectivity index (χ3n) is 3.16. The predicted octanol–water partition coefficient (Wildman–Crippen LogP) is 0.218. The van der Waals surface area contributed by atoms with Crippen LogP contribution < -0.4 is 0 Å². The molecule has 2 rings (SSSR count). The van der Waals surface area contributed by atoms with Gasteiger partial charge < -0.3 is 24.1 Å². The van der Waals surface area contributed by atoms with Crippen molar-refractivity contribution in [1.82, 2.24) is 0 Å². The molecule has 6 nitrogen and oxygen atoms in total. The summed E-state index contributed by atoms with van der Waals surface area (Å²) in [5.74, 6) is -0.828. The van der Waals surface area contributed by atoms with Gasteiger partial charge >= 0.3 is 0 Å². The molecule has 0 aliphatic carbocycles. The molecule has 0 spiro atoms. The van der Waals surface area contributed by atoms with Crippen molar-refractivity contribution >= 4 is 5.78 Å². The highest BCUT2D eigenvalue weighted by molar-refractivity contribution is 5.76. The molecule has 0 saturated carbocycles. The van der Waals surface area contributed by atoms with Gasteiger partial charge in [0.2, 0.25) is 0 Å². The summed E-state index contributed by atoms with van der Waals surface area (Å²) in [7, 11) is 1.51. The molecule has 2 aliphatic rings. The number of methoxy groups -OCH3 is 1. The van der Waals surface area contributed by atoms with Gasteiger partial charge in [-0.15, -0.1) is 0 Å². The Bertz CT molecular complexity index is 329. The Hall–Kier alpha value is -0.530. The minimum absolute atomic E-state index is 0.0358. The zero-order chi connectivity index (χ0) is 13.5. The second kappa shape index (κ2) is 4.86. The van der Waals surface area contributed by atoms with Gasteiger partial charge in [0.1, 0.15) is 24.1 Å². The molecule has 0 bridgehead atoms. The van der Waals surface area contributed by atoms with Crippen molar-refractivity contribution in [2.45, 2.75) is 63.7 Å². The number of rotatable bonds is 4. The molecule has 2 aliphatic heterocycles. The number of hydrogen-bond acceptors (Lipinski definition) is 6. The first-order chi connectivity index (χ1) is 8.34. The van der Waals surface area contributed by atoms with Crippen molar-refractivity contribution < 1.29 is 28.8 Å². The van der Waals surface area contributed by atoms with Crippen LogP contribution in [0.2, 0.25) is 0 Å². The van der Waals surface area contributed by atoms with Crippen LogP contribution in [0.15, 0.2) is 0 Å². The summed E-state index contributed by atoms with van der Waals surface area (Å²) >= 11 is 0. The Balaban J connectivity index is 2.11. The highest BCUT2D eigenvalue weighted by Gasteiger charge is 2.57. The summed E-state index contributed by atoms with van der Waals surface area (Å²) in [5, 5.41) is 10.0. The van der Waals surface area contributed by atoms with Gasteiger partial charge in [0.15, 0.2) is 12.1 Å². The largest absolute Gasteiger partial charge is 0.390 e. The van der Waals surface area contributed by atoms with Crippen LogP contribution in [0, 0.1) is 0 Å². The molecule has 0 aromatic rings. The van der Waals surface area contributed by atoms with Gasteiger partial charge in [0.05, 0.1) is 6.10 Å². The van der Waals surface area contributed by atoms with Crippen LogP contribution >= 0.6 is 0 Å². The van der Waals surface area contributed by atoms with E-state index in [1.165, 1.54) is 14.0 Å². The first-order valence-electron chi connectivity index (χ1n) is 6.05. The maximum Gasteiger partial charge on any atom is 0.186 e. The van der Waals surface area contributed by atoms with Gasteiger partial charge in [-0.25, -0.2) is 0 Å². The molecule has 0 radical (unpaired) electrons. The van der Waals surface area contributed by atoms with Crippen LogP contribution in [0.3, 0.4) is 0 Å². The maximum atomic E-state index is 11.1. The van der Waals surface area contributed by atoms with E-state index >= 15 is 0 Å². The molecular weight excluding hydrogens is 240 g/mol. The Morgan fingerprint density at radius 1 is 1.39 bits per heavy atom. The number of aliphatic hydroxyl groups is 1. The number of ketones is 1. The highest BCUT2D eigenvalue weighted by atomic mass is 16.8. The van der Waals surface area contributed by atoms with Gasteiger partial charge in [-0.1, -0.05) is 0 Å². The van der Waals surface area contributed by atoms with Crippen molar-refractivity contribution in [3.05, 3.63) is 0 Å². The van der Waals surface area contributed by atoms with Crippen molar-refractivity contribution in [2.24, 2.45) is 0 Å². The van der Waals surface area contributed by atoms with Crippen molar-refractivity contribution in [1.29, 1.82) is 0 Å². The van der Waals surface area contributed by atoms with Gasteiger partial charge in [-0.3, -0.25) is 4.79 Å². The highest BCUT2D eigenvalue weighted by Crippen LogP contribution is 2.40. The predicted molar refractivity (Wildman–Crippen MR) is 60.8 cm³/mol. The Kier molecular flexibility index (Phi) is 3.75. The van der Waals surface area contributed by atoms with E-state index in [0.29, 0.717) is 0 Å². The number of hydrogen-bond donors (Lipinski definition) is 1. The molecule has 2 saturated heterocycles. The lowest BCUT2D eigenvalue weighted by atomic mass is 10.0. The molecule has 2 fully saturated rings. The fourth-order valence-electron chi connectivity index (χ4n) is 2.50. The van der Waals surface area contributed by atoms with Crippen molar-refractivity contribution in [3.63, 3.8) is 0 Å². The molecule has 104 valence electrons. The van der Waals surface area contributed by atoms with Crippen LogP contribution in [0.4, 0.5) is 0 Å². The molecule has 1 N–H and O–H groups in total. The van der Waals surface area contributed by atoms with E-state index in [1.54, 1.807) is 13.8 Å². The number of ether oxygens (including phenoxy) is 4. The van der Waals surface area contributed by atoms with Crippen LogP contribution in [-0.2, 0) is 23.7 Å². The number of carbonyl (C=O) groups is 1. The Morgan fingerprint density at radius 2 is 2.00 bits per heavy atom. The molecule has 0 amide bonds. The smallest absolute Gasteiger partial charge is 0.186 e. The van der Waals surface area contributed by atoms with Gasteiger partial charge in [-0.05, 0) is 20.8 Å².